The molecule has 0 aliphatic carbocycles. The van der Waals surface area contributed by atoms with E-state index < -0.39 is 43.5 Å². The molecule has 0 unspecified atom stereocenters. The lowest BCUT2D eigenvalue weighted by Gasteiger charge is -2.14. The van der Waals surface area contributed by atoms with Gasteiger partial charge in [-0.25, -0.2) is 17.2 Å². The van der Waals surface area contributed by atoms with Gasteiger partial charge in [-0.3, -0.25) is 4.79 Å². The van der Waals surface area contributed by atoms with Crippen molar-refractivity contribution in [3.05, 3.63) is 59.7 Å². The molecule has 2 N–H and O–H groups in total. The number of rotatable bonds is 6. The maximum absolute atomic E-state index is 13.5. The Morgan fingerprint density at radius 2 is 1.67 bits per heavy atom. The summed E-state index contributed by atoms with van der Waals surface area (Å²) in [5.74, 6) is -2.66. The van der Waals surface area contributed by atoms with Gasteiger partial charge in [0.25, 0.3) is 15.7 Å². The van der Waals surface area contributed by atoms with Crippen molar-refractivity contribution >= 4 is 21.4 Å². The summed E-state index contributed by atoms with van der Waals surface area (Å²) in [4.78, 5) is 10.5. The van der Waals surface area contributed by atoms with Gasteiger partial charge < -0.3 is 10.6 Å². The van der Waals surface area contributed by atoms with E-state index in [4.69, 9.17) is 0 Å². The summed E-state index contributed by atoms with van der Waals surface area (Å²) < 4.78 is 87.9. The summed E-state index contributed by atoms with van der Waals surface area (Å²) in [5.41, 5.74) is -6.30. The van der Waals surface area contributed by atoms with Gasteiger partial charge >= 0.3 is 5.51 Å². The van der Waals surface area contributed by atoms with Gasteiger partial charge in [-0.05, 0) is 30.3 Å². The summed E-state index contributed by atoms with van der Waals surface area (Å²) in [7, 11) is -5.77. The largest absolute Gasteiger partial charge is 0.501 e. The molecule has 146 valence electrons. The van der Waals surface area contributed by atoms with E-state index in [1.807, 2.05) is 0 Å². The number of halogens is 5. The Morgan fingerprint density at radius 1 is 1.00 bits per heavy atom. The summed E-state index contributed by atoms with van der Waals surface area (Å²) in [6, 6.07) is 7.05. The van der Waals surface area contributed by atoms with Crippen molar-refractivity contribution in [2.45, 2.75) is 10.4 Å². The maximum atomic E-state index is 13.5. The van der Waals surface area contributed by atoms with Gasteiger partial charge in [0.2, 0.25) is 0 Å². The minimum absolute atomic E-state index is 0.157. The lowest BCUT2D eigenvalue weighted by molar-refractivity contribution is -0.0435. The average Bonchev–Trinajstić information content (AvgIpc) is 2.58. The molecule has 0 aliphatic rings. The molecule has 2 aromatic carbocycles. The van der Waals surface area contributed by atoms with Crippen LogP contribution in [0.25, 0.3) is 0 Å². The quantitative estimate of drug-likeness (QED) is 0.569. The first kappa shape index (κ1) is 20.6. The molecule has 11 heteroatoms. The summed E-state index contributed by atoms with van der Waals surface area (Å²) in [6.07, 6.45) is 0. The van der Waals surface area contributed by atoms with Crippen molar-refractivity contribution in [3.63, 3.8) is 0 Å². The Morgan fingerprint density at radius 3 is 2.30 bits per heavy atom. The van der Waals surface area contributed by atoms with Crippen molar-refractivity contribution in [2.24, 2.45) is 0 Å². The van der Waals surface area contributed by atoms with Gasteiger partial charge in [-0.15, -0.1) is 0 Å². The third-order valence-corrected chi connectivity index (χ3v) is 4.91. The highest BCUT2D eigenvalue weighted by atomic mass is 32.2. The van der Waals surface area contributed by atoms with E-state index in [1.54, 1.807) is 0 Å². The summed E-state index contributed by atoms with van der Waals surface area (Å²) in [5, 5.41) is 4.71. The molecule has 1 amide bonds. The van der Waals surface area contributed by atoms with E-state index >= 15 is 0 Å². The Bertz CT molecular complexity index is 945. The normalized spacial score (nSPS) is 11.9. The maximum Gasteiger partial charge on any atom is 0.501 e. The Balaban J connectivity index is 2.07. The summed E-state index contributed by atoms with van der Waals surface area (Å²) in [6.45, 7) is -0.345. The number of alkyl halides is 3. The second-order valence-corrected chi connectivity index (χ2v) is 7.16. The van der Waals surface area contributed by atoms with E-state index in [-0.39, 0.29) is 24.7 Å². The lowest BCUT2D eigenvalue weighted by atomic mass is 10.2. The van der Waals surface area contributed by atoms with Gasteiger partial charge in [-0.2, -0.15) is 13.2 Å². The first-order valence-electron chi connectivity index (χ1n) is 7.41. The fourth-order valence-corrected chi connectivity index (χ4v) is 3.05. The zero-order valence-electron chi connectivity index (χ0n) is 13.5. The molecule has 0 saturated heterocycles. The average molecular weight is 408 g/mol. The lowest BCUT2D eigenvalue weighted by Crippen LogP contribution is -2.30. The number of sulfone groups is 1. The molecule has 0 spiro atoms. The molecule has 0 bridgehead atoms. The number of hydrogen-bond acceptors (Lipinski definition) is 4. The molecule has 0 heterocycles. The van der Waals surface area contributed by atoms with E-state index in [0.29, 0.717) is 0 Å². The van der Waals surface area contributed by atoms with Crippen LogP contribution in [0.3, 0.4) is 0 Å². The molecule has 27 heavy (non-hydrogen) atoms. The number of hydrogen-bond donors (Lipinski definition) is 2. The molecule has 0 saturated carbocycles. The van der Waals surface area contributed by atoms with Crippen molar-refractivity contribution in [1.29, 1.82) is 0 Å². The van der Waals surface area contributed by atoms with Crippen LogP contribution in [-0.2, 0) is 9.84 Å². The minimum Gasteiger partial charge on any atom is -0.382 e. The van der Waals surface area contributed by atoms with Crippen LogP contribution in [-0.4, -0.2) is 32.9 Å². The van der Waals surface area contributed by atoms with E-state index in [9.17, 15) is 35.2 Å². The summed E-state index contributed by atoms with van der Waals surface area (Å²) >= 11 is 0. The topological polar surface area (TPSA) is 75.3 Å². The zero-order chi connectivity index (χ0) is 20.2. The number of carbonyl (C=O) groups excluding carboxylic acids is 1. The molecule has 2 rings (SSSR count). The number of anilines is 1. The number of amides is 1. The van der Waals surface area contributed by atoms with Gasteiger partial charge in [0.15, 0.2) is 0 Å². The molecule has 0 radical (unpaired) electrons. The third kappa shape index (κ3) is 4.73. The molecule has 0 atom stereocenters. The van der Waals surface area contributed by atoms with Crippen LogP contribution in [0, 0.1) is 11.6 Å². The fourth-order valence-electron chi connectivity index (χ4n) is 2.10. The number of carbonyl (C=O) groups is 1. The number of benzene rings is 2. The number of nitrogens with one attached hydrogen (secondary N) is 2. The standard InChI is InChI=1S/C16H13F5N2O3S/c17-10-5-6-13(14(9-10)27(25,26)16(19,20)21)22-7-8-23-15(24)11-3-1-2-4-12(11)18/h1-6,9,22H,7-8H2,(H,23,24). The van der Waals surface area contributed by atoms with Crippen molar-refractivity contribution in [3.8, 4) is 0 Å². The van der Waals surface area contributed by atoms with Crippen molar-refractivity contribution in [2.75, 3.05) is 18.4 Å². The highest BCUT2D eigenvalue weighted by Crippen LogP contribution is 2.34. The van der Waals surface area contributed by atoms with Crippen LogP contribution in [0.4, 0.5) is 27.6 Å². The highest BCUT2D eigenvalue weighted by Gasteiger charge is 2.48. The molecule has 0 fully saturated rings. The van der Waals surface area contributed by atoms with Gasteiger partial charge in [0, 0.05) is 13.1 Å². The SMILES string of the molecule is O=C(NCCNc1ccc(F)cc1S(=O)(=O)C(F)(F)F)c1ccccc1F. The van der Waals surface area contributed by atoms with Crippen LogP contribution >= 0.6 is 0 Å². The van der Waals surface area contributed by atoms with Crippen molar-refractivity contribution in [1.82, 2.24) is 5.32 Å². The van der Waals surface area contributed by atoms with E-state index in [0.717, 1.165) is 18.2 Å². The minimum atomic E-state index is -5.77. The zero-order valence-corrected chi connectivity index (χ0v) is 14.3. The molecular weight excluding hydrogens is 395 g/mol. The van der Waals surface area contributed by atoms with E-state index in [1.165, 1.54) is 18.2 Å². The Labute approximate surface area is 151 Å². The third-order valence-electron chi connectivity index (χ3n) is 3.38. The smallest absolute Gasteiger partial charge is 0.382 e. The van der Waals surface area contributed by atoms with E-state index in [2.05, 4.69) is 10.6 Å². The first-order chi connectivity index (χ1) is 12.5. The molecule has 5 nitrogen and oxygen atoms in total. The second-order valence-electron chi connectivity index (χ2n) is 5.25. The Kier molecular flexibility index (Phi) is 6.04. The predicted octanol–water partition coefficient (Wildman–Crippen LogP) is 3.10. The van der Waals surface area contributed by atoms with Crippen LogP contribution in [0.2, 0.25) is 0 Å². The van der Waals surface area contributed by atoms with Gasteiger partial charge in [0.05, 0.1) is 11.3 Å². The molecule has 0 aromatic heterocycles. The first-order valence-corrected chi connectivity index (χ1v) is 8.90. The monoisotopic (exact) mass is 408 g/mol. The molecule has 0 aliphatic heterocycles. The molecular formula is C16H13F5N2O3S. The van der Waals surface area contributed by atoms with Crippen molar-refractivity contribution < 1.29 is 35.2 Å². The Hall–Kier alpha value is -2.69. The van der Waals surface area contributed by atoms with Crippen LogP contribution in [0.15, 0.2) is 47.4 Å². The van der Waals surface area contributed by atoms with Crippen LogP contribution < -0.4 is 10.6 Å². The molecule has 2 aromatic rings. The fraction of sp³-hybridized carbons (Fsp3) is 0.188. The second kappa shape index (κ2) is 7.91. The van der Waals surface area contributed by atoms with Crippen LogP contribution in [0.1, 0.15) is 10.4 Å². The highest BCUT2D eigenvalue weighted by molar-refractivity contribution is 7.92. The van der Waals surface area contributed by atoms with Gasteiger partial charge in [-0.1, -0.05) is 12.1 Å². The van der Waals surface area contributed by atoms with Crippen LogP contribution in [0.5, 0.6) is 0 Å². The van der Waals surface area contributed by atoms with Gasteiger partial charge in [0.1, 0.15) is 16.5 Å². The predicted molar refractivity (Wildman–Crippen MR) is 86.9 cm³/mol.